The lowest BCUT2D eigenvalue weighted by atomic mass is 10.2. The first kappa shape index (κ1) is 20.7. The van der Waals surface area contributed by atoms with Gasteiger partial charge in [-0.05, 0) is 43.7 Å². The molecule has 0 atom stereocenters. The molecule has 32 heavy (non-hydrogen) atoms. The van der Waals surface area contributed by atoms with Crippen LogP contribution in [-0.4, -0.2) is 58.4 Å². The third-order valence-corrected chi connectivity index (χ3v) is 7.26. The van der Waals surface area contributed by atoms with Crippen molar-refractivity contribution in [3.63, 3.8) is 0 Å². The van der Waals surface area contributed by atoms with Crippen LogP contribution in [0.1, 0.15) is 26.6 Å². The number of rotatable bonds is 4. The van der Waals surface area contributed by atoms with Crippen LogP contribution in [0.2, 0.25) is 0 Å². The number of piperazine rings is 1. The van der Waals surface area contributed by atoms with Crippen molar-refractivity contribution >= 4 is 38.8 Å². The number of nitrogens with one attached hydrogen (secondary N) is 2. The van der Waals surface area contributed by atoms with E-state index < -0.39 is 0 Å². The Morgan fingerprint density at radius 3 is 2.69 bits per heavy atom. The SMILES string of the molecule is CNC(=O)c1ccc(N2CCN(Cc3cc4[nH]c(=O)c5c(C)ccn5c4s3)CC2)c(C)n1. The number of aromatic amines is 1. The van der Waals surface area contributed by atoms with Crippen LogP contribution >= 0.6 is 11.3 Å². The fraction of sp³-hybridized carbons (Fsp3) is 0.348. The van der Waals surface area contributed by atoms with Crippen LogP contribution in [0.3, 0.4) is 0 Å². The number of hydrogen-bond acceptors (Lipinski definition) is 6. The Morgan fingerprint density at radius 1 is 1.19 bits per heavy atom. The second-order valence-corrected chi connectivity index (χ2v) is 9.36. The highest BCUT2D eigenvalue weighted by Crippen LogP contribution is 2.27. The maximum absolute atomic E-state index is 12.4. The molecule has 0 bridgehead atoms. The summed E-state index contributed by atoms with van der Waals surface area (Å²) in [6.07, 6.45) is 1.98. The number of fused-ring (bicyclic) bond motifs is 3. The van der Waals surface area contributed by atoms with E-state index in [1.807, 2.05) is 36.6 Å². The van der Waals surface area contributed by atoms with Crippen LogP contribution < -0.4 is 15.8 Å². The first-order valence-electron chi connectivity index (χ1n) is 10.7. The predicted octanol–water partition coefficient (Wildman–Crippen LogP) is 2.54. The van der Waals surface area contributed by atoms with Gasteiger partial charge < -0.3 is 19.6 Å². The Morgan fingerprint density at radius 2 is 1.97 bits per heavy atom. The van der Waals surface area contributed by atoms with Crippen LogP contribution in [0.15, 0.2) is 35.3 Å². The highest BCUT2D eigenvalue weighted by Gasteiger charge is 2.21. The van der Waals surface area contributed by atoms with Crippen molar-refractivity contribution < 1.29 is 4.79 Å². The molecule has 5 heterocycles. The van der Waals surface area contributed by atoms with Gasteiger partial charge in [0.1, 0.15) is 16.0 Å². The lowest BCUT2D eigenvalue weighted by Gasteiger charge is -2.36. The number of anilines is 1. The maximum atomic E-state index is 12.4. The van der Waals surface area contributed by atoms with E-state index in [-0.39, 0.29) is 11.5 Å². The van der Waals surface area contributed by atoms with Gasteiger partial charge in [0.2, 0.25) is 0 Å². The van der Waals surface area contributed by atoms with Gasteiger partial charge in [-0.3, -0.25) is 14.5 Å². The Bertz CT molecular complexity index is 1380. The van der Waals surface area contributed by atoms with Gasteiger partial charge in [0.05, 0.1) is 16.9 Å². The summed E-state index contributed by atoms with van der Waals surface area (Å²) in [5.41, 5.74) is 4.99. The summed E-state index contributed by atoms with van der Waals surface area (Å²) >= 11 is 1.74. The molecule has 1 fully saturated rings. The predicted molar refractivity (Wildman–Crippen MR) is 128 cm³/mol. The van der Waals surface area contributed by atoms with Gasteiger partial charge in [0.15, 0.2) is 0 Å². The lowest BCUT2D eigenvalue weighted by Crippen LogP contribution is -2.46. The van der Waals surface area contributed by atoms with Crippen LogP contribution in [0.5, 0.6) is 0 Å². The first-order chi connectivity index (χ1) is 15.4. The highest BCUT2D eigenvalue weighted by molar-refractivity contribution is 7.18. The van der Waals surface area contributed by atoms with Crippen molar-refractivity contribution in [2.75, 3.05) is 38.1 Å². The van der Waals surface area contributed by atoms with Gasteiger partial charge in [-0.25, -0.2) is 4.98 Å². The van der Waals surface area contributed by atoms with E-state index in [1.54, 1.807) is 24.5 Å². The van der Waals surface area contributed by atoms with Gasteiger partial charge in [-0.1, -0.05) is 0 Å². The topological polar surface area (TPSA) is 85.7 Å². The standard InChI is InChI=1S/C23H26N6O2S/c1-14-6-7-29-20(14)22(31)26-18-12-16(32-23(18)29)13-27-8-10-28(11-9-27)19-5-4-17(21(30)24-3)25-15(19)2/h4-7,12H,8-11,13H2,1-3H3,(H,24,30)(H,26,31). The van der Waals surface area contributed by atoms with Crippen LogP contribution in [0, 0.1) is 13.8 Å². The summed E-state index contributed by atoms with van der Waals surface area (Å²) < 4.78 is 2.01. The highest BCUT2D eigenvalue weighted by atomic mass is 32.1. The summed E-state index contributed by atoms with van der Waals surface area (Å²) in [6, 6.07) is 7.87. The van der Waals surface area contributed by atoms with Gasteiger partial charge in [-0.15, -0.1) is 11.3 Å². The molecule has 166 valence electrons. The number of thiophene rings is 1. The minimum atomic E-state index is -0.165. The molecule has 1 saturated heterocycles. The maximum Gasteiger partial charge on any atom is 0.273 e. The molecule has 0 aliphatic carbocycles. The summed E-state index contributed by atoms with van der Waals surface area (Å²) in [4.78, 5) is 38.9. The number of aromatic nitrogens is 3. The third kappa shape index (κ3) is 3.57. The fourth-order valence-electron chi connectivity index (χ4n) is 4.46. The van der Waals surface area contributed by atoms with Crippen LogP contribution in [0.4, 0.5) is 5.69 Å². The number of amides is 1. The van der Waals surface area contributed by atoms with Gasteiger partial charge in [0.25, 0.3) is 11.5 Å². The molecular formula is C23H26N6O2S. The Hall–Kier alpha value is -3.17. The molecule has 4 aromatic heterocycles. The van der Waals surface area contributed by atoms with E-state index >= 15 is 0 Å². The van der Waals surface area contributed by atoms with Gasteiger partial charge >= 0.3 is 0 Å². The normalized spacial score (nSPS) is 15.0. The first-order valence-corrected chi connectivity index (χ1v) is 11.6. The quantitative estimate of drug-likeness (QED) is 0.499. The van der Waals surface area contributed by atoms with Crippen molar-refractivity contribution in [1.29, 1.82) is 0 Å². The van der Waals surface area contributed by atoms with Gasteiger partial charge in [0, 0.05) is 50.8 Å². The molecule has 0 radical (unpaired) electrons. The molecule has 4 aromatic rings. The van der Waals surface area contributed by atoms with Crippen LogP contribution in [-0.2, 0) is 6.54 Å². The molecule has 1 aliphatic heterocycles. The monoisotopic (exact) mass is 450 g/mol. The number of nitrogens with zero attached hydrogens (tertiary/aromatic N) is 4. The number of pyridine rings is 1. The Labute approximate surface area is 189 Å². The molecule has 0 saturated carbocycles. The molecule has 0 spiro atoms. The zero-order valence-electron chi connectivity index (χ0n) is 18.4. The van der Waals surface area contributed by atoms with Gasteiger partial charge in [-0.2, -0.15) is 0 Å². The second kappa shape index (κ2) is 8.07. The largest absolute Gasteiger partial charge is 0.368 e. The average molecular weight is 451 g/mol. The molecule has 2 N–H and O–H groups in total. The van der Waals surface area contributed by atoms with E-state index in [4.69, 9.17) is 0 Å². The molecule has 9 heteroatoms. The Kier molecular flexibility index (Phi) is 5.22. The fourth-order valence-corrected chi connectivity index (χ4v) is 5.60. The van der Waals surface area contributed by atoms with Crippen molar-refractivity contribution in [3.8, 4) is 0 Å². The van der Waals surface area contributed by atoms with E-state index in [9.17, 15) is 9.59 Å². The number of carbonyl (C=O) groups excluding carboxylic acids is 1. The second-order valence-electron chi connectivity index (χ2n) is 8.25. The molecule has 5 rings (SSSR count). The molecule has 8 nitrogen and oxygen atoms in total. The third-order valence-electron chi connectivity index (χ3n) is 6.14. The van der Waals surface area contributed by atoms with Crippen LogP contribution in [0.25, 0.3) is 15.9 Å². The van der Waals surface area contributed by atoms with E-state index in [0.29, 0.717) is 5.69 Å². The smallest absolute Gasteiger partial charge is 0.273 e. The molecule has 1 amide bonds. The van der Waals surface area contributed by atoms with Crippen molar-refractivity contribution in [2.45, 2.75) is 20.4 Å². The number of aryl methyl sites for hydroxylation is 2. The number of carbonyl (C=O) groups is 1. The molecule has 0 aromatic carbocycles. The summed E-state index contributed by atoms with van der Waals surface area (Å²) in [5.74, 6) is -0.165. The molecule has 0 unspecified atom stereocenters. The summed E-state index contributed by atoms with van der Waals surface area (Å²) in [6.45, 7) is 8.49. The van der Waals surface area contributed by atoms with E-state index in [1.165, 1.54) is 4.88 Å². The zero-order chi connectivity index (χ0) is 22.4. The van der Waals surface area contributed by atoms with E-state index in [2.05, 4.69) is 31.2 Å². The molecule has 1 aliphatic rings. The summed E-state index contributed by atoms with van der Waals surface area (Å²) in [5, 5.41) is 2.62. The zero-order valence-corrected chi connectivity index (χ0v) is 19.3. The van der Waals surface area contributed by atoms with Crippen molar-refractivity contribution in [2.24, 2.45) is 0 Å². The minimum Gasteiger partial charge on any atom is -0.368 e. The van der Waals surface area contributed by atoms with E-state index in [0.717, 1.165) is 65.5 Å². The minimum absolute atomic E-state index is 0.0376. The number of hydrogen-bond donors (Lipinski definition) is 2. The lowest BCUT2D eigenvalue weighted by molar-refractivity contribution is 0.0958. The average Bonchev–Trinajstić information content (AvgIpc) is 3.37. The summed E-state index contributed by atoms with van der Waals surface area (Å²) in [7, 11) is 1.61. The molecular weight excluding hydrogens is 424 g/mol. The van der Waals surface area contributed by atoms with Crippen molar-refractivity contribution in [3.05, 3.63) is 62.6 Å². The number of H-pyrrole nitrogens is 1. The Balaban J connectivity index is 1.29. The van der Waals surface area contributed by atoms with Crippen molar-refractivity contribution in [1.82, 2.24) is 24.6 Å².